The van der Waals surface area contributed by atoms with Gasteiger partial charge in [-0.2, -0.15) is 0 Å². The van der Waals surface area contributed by atoms with E-state index >= 15 is 0 Å². The van der Waals surface area contributed by atoms with E-state index in [0.29, 0.717) is 22.5 Å². The average molecular weight is 391 g/mol. The van der Waals surface area contributed by atoms with E-state index in [9.17, 15) is 9.59 Å². The van der Waals surface area contributed by atoms with E-state index in [2.05, 4.69) is 22.1 Å². The highest BCUT2D eigenvalue weighted by Crippen LogP contribution is 2.33. The van der Waals surface area contributed by atoms with Crippen molar-refractivity contribution in [3.05, 3.63) is 40.9 Å². The molecule has 138 valence electrons. The lowest BCUT2D eigenvalue weighted by atomic mass is 9.89. The van der Waals surface area contributed by atoms with E-state index in [0.717, 1.165) is 18.7 Å². The Kier molecular flexibility index (Phi) is 6.62. The summed E-state index contributed by atoms with van der Waals surface area (Å²) >= 11 is 2.61. The number of thioether (sulfide) groups is 1. The third-order valence-electron chi connectivity index (χ3n) is 4.36. The number of imide groups is 1. The summed E-state index contributed by atoms with van der Waals surface area (Å²) in [5.74, 6) is 0.848. The fourth-order valence-electron chi connectivity index (χ4n) is 3.13. The molecule has 2 heterocycles. The molecule has 6 nitrogen and oxygen atoms in total. The molecular weight excluding hydrogens is 368 g/mol. The van der Waals surface area contributed by atoms with Gasteiger partial charge >= 0.3 is 0 Å². The minimum atomic E-state index is -0.360. The highest BCUT2D eigenvalue weighted by Gasteiger charge is 2.23. The average Bonchev–Trinajstić information content (AvgIpc) is 3.31. The molecule has 0 aliphatic heterocycles. The molecule has 3 rings (SSSR count). The molecule has 2 aromatic heterocycles. The maximum absolute atomic E-state index is 12.1. The first kappa shape index (κ1) is 18.8. The summed E-state index contributed by atoms with van der Waals surface area (Å²) < 4.78 is 2.04. The summed E-state index contributed by atoms with van der Waals surface area (Å²) in [6.45, 7) is 4.44. The maximum atomic E-state index is 12.1. The zero-order valence-corrected chi connectivity index (χ0v) is 16.2. The van der Waals surface area contributed by atoms with E-state index < -0.39 is 0 Å². The van der Waals surface area contributed by atoms with Crippen LogP contribution in [0.4, 0.5) is 0 Å². The van der Waals surface area contributed by atoms with Crippen LogP contribution in [0, 0.1) is 0 Å². The van der Waals surface area contributed by atoms with Gasteiger partial charge in [0.05, 0.1) is 10.6 Å². The van der Waals surface area contributed by atoms with E-state index in [1.165, 1.54) is 42.4 Å². The highest BCUT2D eigenvalue weighted by molar-refractivity contribution is 7.99. The van der Waals surface area contributed by atoms with Crippen LogP contribution in [0.15, 0.2) is 35.3 Å². The highest BCUT2D eigenvalue weighted by atomic mass is 32.2. The summed E-state index contributed by atoms with van der Waals surface area (Å²) in [5, 5.41) is 13.6. The Bertz CT molecular complexity index is 764. The van der Waals surface area contributed by atoms with E-state index in [1.54, 1.807) is 17.5 Å². The Morgan fingerprint density at radius 2 is 2.15 bits per heavy atom. The maximum Gasteiger partial charge on any atom is 0.267 e. The van der Waals surface area contributed by atoms with Crippen molar-refractivity contribution in [2.24, 2.45) is 0 Å². The molecule has 0 saturated heterocycles. The van der Waals surface area contributed by atoms with E-state index in [1.807, 2.05) is 10.6 Å². The van der Waals surface area contributed by atoms with Crippen LogP contribution in [0.2, 0.25) is 0 Å². The van der Waals surface area contributed by atoms with Gasteiger partial charge in [-0.3, -0.25) is 14.9 Å². The van der Waals surface area contributed by atoms with Crippen LogP contribution in [-0.4, -0.2) is 32.3 Å². The minimum Gasteiger partial charge on any atom is -0.302 e. The second-order valence-electron chi connectivity index (χ2n) is 6.22. The molecule has 26 heavy (non-hydrogen) atoms. The molecular formula is C18H22N4O2S2. The Labute approximate surface area is 161 Å². The molecule has 1 saturated carbocycles. The molecule has 2 aromatic rings. The number of nitrogens with one attached hydrogen (secondary N) is 1. The number of allylic oxidation sites excluding steroid dienone is 1. The summed E-state index contributed by atoms with van der Waals surface area (Å²) in [5.41, 5.74) is 0. The van der Waals surface area contributed by atoms with Crippen molar-refractivity contribution in [2.45, 2.75) is 49.7 Å². The molecule has 0 atom stereocenters. The van der Waals surface area contributed by atoms with Crippen LogP contribution in [-0.2, 0) is 11.3 Å². The van der Waals surface area contributed by atoms with Gasteiger partial charge in [-0.05, 0) is 24.3 Å². The first-order valence-electron chi connectivity index (χ1n) is 8.73. The van der Waals surface area contributed by atoms with Crippen LogP contribution in [0.25, 0.3) is 0 Å². The zero-order chi connectivity index (χ0) is 18.4. The number of aromatic nitrogens is 3. The first-order chi connectivity index (χ1) is 12.7. The Hall–Kier alpha value is -1.93. The second-order valence-corrected chi connectivity index (χ2v) is 8.11. The largest absolute Gasteiger partial charge is 0.302 e. The van der Waals surface area contributed by atoms with Crippen molar-refractivity contribution in [3.8, 4) is 0 Å². The zero-order valence-electron chi connectivity index (χ0n) is 14.5. The third kappa shape index (κ3) is 4.62. The predicted octanol–water partition coefficient (Wildman–Crippen LogP) is 3.62. The van der Waals surface area contributed by atoms with Crippen molar-refractivity contribution in [2.75, 3.05) is 5.75 Å². The molecule has 0 unspecified atom stereocenters. The molecule has 8 heteroatoms. The monoisotopic (exact) mass is 390 g/mol. The number of thiophene rings is 1. The van der Waals surface area contributed by atoms with Crippen LogP contribution in [0.1, 0.15) is 53.5 Å². The molecule has 1 fully saturated rings. The number of carbonyl (C=O) groups excluding carboxylic acids is 2. The van der Waals surface area contributed by atoms with Crippen molar-refractivity contribution >= 4 is 34.9 Å². The van der Waals surface area contributed by atoms with Crippen molar-refractivity contribution in [3.63, 3.8) is 0 Å². The summed E-state index contributed by atoms with van der Waals surface area (Å²) in [7, 11) is 0. The lowest BCUT2D eigenvalue weighted by Gasteiger charge is -2.21. The third-order valence-corrected chi connectivity index (χ3v) is 6.19. The van der Waals surface area contributed by atoms with Crippen LogP contribution in [0.3, 0.4) is 0 Å². The smallest absolute Gasteiger partial charge is 0.267 e. The number of rotatable bonds is 7. The molecule has 1 N–H and O–H groups in total. The van der Waals surface area contributed by atoms with Gasteiger partial charge in [0.1, 0.15) is 5.82 Å². The number of hydrogen-bond donors (Lipinski definition) is 1. The van der Waals surface area contributed by atoms with Gasteiger partial charge in [0.15, 0.2) is 5.16 Å². The molecule has 1 aliphatic rings. The SMILES string of the molecule is C=CCn1c(SCC(=O)NC(=O)c2cccs2)nnc1C1CCCCC1. The number of amides is 2. The van der Waals surface area contributed by atoms with E-state index in [4.69, 9.17) is 0 Å². The Balaban J connectivity index is 1.61. The molecule has 1 aliphatic carbocycles. The lowest BCUT2D eigenvalue weighted by molar-refractivity contribution is -0.117. The predicted molar refractivity (Wildman–Crippen MR) is 104 cm³/mol. The van der Waals surface area contributed by atoms with Crippen molar-refractivity contribution in [1.82, 2.24) is 20.1 Å². The van der Waals surface area contributed by atoms with Crippen LogP contribution < -0.4 is 5.32 Å². The summed E-state index contributed by atoms with van der Waals surface area (Å²) in [4.78, 5) is 24.5. The number of carbonyl (C=O) groups is 2. The van der Waals surface area contributed by atoms with Crippen molar-refractivity contribution in [1.29, 1.82) is 0 Å². The standard InChI is InChI=1S/C18H22N4O2S2/c1-2-10-22-16(13-7-4-3-5-8-13)20-21-18(22)26-12-15(23)19-17(24)14-9-6-11-25-14/h2,6,9,11,13H,1,3-5,7-8,10,12H2,(H,19,23,24). The van der Waals surface area contributed by atoms with Gasteiger partial charge < -0.3 is 4.57 Å². The van der Waals surface area contributed by atoms with Crippen molar-refractivity contribution < 1.29 is 9.59 Å². The second kappa shape index (κ2) is 9.14. The molecule has 2 amide bonds. The Morgan fingerprint density at radius 1 is 1.35 bits per heavy atom. The van der Waals surface area contributed by atoms with E-state index in [-0.39, 0.29) is 17.6 Å². The van der Waals surface area contributed by atoms with Crippen LogP contribution in [0.5, 0.6) is 0 Å². The molecule has 0 aromatic carbocycles. The quantitative estimate of drug-likeness (QED) is 0.577. The normalized spacial score (nSPS) is 14.9. The topological polar surface area (TPSA) is 76.9 Å². The first-order valence-corrected chi connectivity index (χ1v) is 10.6. The van der Waals surface area contributed by atoms with Gasteiger partial charge in [-0.15, -0.1) is 28.1 Å². The van der Waals surface area contributed by atoms with Gasteiger partial charge in [0.2, 0.25) is 5.91 Å². The number of hydrogen-bond acceptors (Lipinski definition) is 6. The fraction of sp³-hybridized carbons (Fsp3) is 0.444. The molecule has 0 spiro atoms. The minimum absolute atomic E-state index is 0.122. The van der Waals surface area contributed by atoms with Gasteiger partial charge in [-0.1, -0.05) is 43.2 Å². The summed E-state index contributed by atoms with van der Waals surface area (Å²) in [6, 6.07) is 3.47. The molecule has 0 bridgehead atoms. The number of nitrogens with zero attached hydrogens (tertiary/aromatic N) is 3. The summed E-state index contributed by atoms with van der Waals surface area (Å²) in [6.07, 6.45) is 7.82. The van der Waals surface area contributed by atoms with Gasteiger partial charge in [0.25, 0.3) is 5.91 Å². The van der Waals surface area contributed by atoms with Gasteiger partial charge in [0, 0.05) is 12.5 Å². The van der Waals surface area contributed by atoms with Gasteiger partial charge in [-0.25, -0.2) is 0 Å². The molecule has 0 radical (unpaired) electrons. The van der Waals surface area contributed by atoms with Crippen LogP contribution >= 0.6 is 23.1 Å². The Morgan fingerprint density at radius 3 is 2.85 bits per heavy atom. The fourth-order valence-corrected chi connectivity index (χ4v) is 4.51. The lowest BCUT2D eigenvalue weighted by Crippen LogP contribution is -2.31.